The number of aliphatic hydroxyl groups excluding tert-OH is 1. The van der Waals surface area contributed by atoms with Gasteiger partial charge in [-0.05, 0) is 12.8 Å². The van der Waals surface area contributed by atoms with E-state index < -0.39 is 24.2 Å². The number of aliphatic hydroxyl groups is 1. The second kappa shape index (κ2) is 5.67. The van der Waals surface area contributed by atoms with Crippen LogP contribution in [0.15, 0.2) is 0 Å². The lowest BCUT2D eigenvalue weighted by Gasteiger charge is -2.37. The van der Waals surface area contributed by atoms with E-state index in [9.17, 15) is 18.3 Å². The highest BCUT2D eigenvalue weighted by Crippen LogP contribution is 2.27. The zero-order chi connectivity index (χ0) is 12.9. The Bertz CT molecular complexity index is 282. The molecule has 0 aromatic rings. The molecule has 0 amide bonds. The van der Waals surface area contributed by atoms with E-state index in [0.717, 1.165) is 0 Å². The molecule has 17 heavy (non-hydrogen) atoms. The van der Waals surface area contributed by atoms with Crippen molar-refractivity contribution in [3.8, 4) is 6.07 Å². The Kier molecular flexibility index (Phi) is 4.74. The van der Waals surface area contributed by atoms with Crippen molar-refractivity contribution in [1.29, 1.82) is 5.26 Å². The van der Waals surface area contributed by atoms with E-state index in [0.29, 0.717) is 26.1 Å². The monoisotopic (exact) mass is 252 g/mol. The Morgan fingerprint density at radius 1 is 1.41 bits per heavy atom. The number of nitrogens with zero attached hydrogens (tertiary/aromatic N) is 1. The van der Waals surface area contributed by atoms with Crippen molar-refractivity contribution in [1.82, 2.24) is 5.32 Å². The van der Waals surface area contributed by atoms with Gasteiger partial charge in [0.05, 0.1) is 12.7 Å². The lowest BCUT2D eigenvalue weighted by molar-refractivity contribution is -0.159. The fourth-order valence-electron chi connectivity index (χ4n) is 1.71. The quantitative estimate of drug-likeness (QED) is 0.777. The van der Waals surface area contributed by atoms with Crippen molar-refractivity contribution < 1.29 is 23.0 Å². The molecule has 0 aliphatic carbocycles. The normalized spacial score (nSPS) is 21.8. The first-order valence-corrected chi connectivity index (χ1v) is 5.33. The van der Waals surface area contributed by atoms with Gasteiger partial charge < -0.3 is 15.2 Å². The van der Waals surface area contributed by atoms with Gasteiger partial charge in [0.2, 0.25) is 0 Å². The molecule has 1 aliphatic rings. The van der Waals surface area contributed by atoms with Gasteiger partial charge in [-0.1, -0.05) is 0 Å². The van der Waals surface area contributed by atoms with E-state index in [1.807, 2.05) is 0 Å². The van der Waals surface area contributed by atoms with Crippen molar-refractivity contribution in [2.45, 2.75) is 24.6 Å². The van der Waals surface area contributed by atoms with Crippen LogP contribution >= 0.6 is 0 Å². The van der Waals surface area contributed by atoms with Crippen molar-refractivity contribution in [2.75, 3.05) is 26.4 Å². The highest BCUT2D eigenvalue weighted by Gasteiger charge is 2.41. The van der Waals surface area contributed by atoms with Gasteiger partial charge in [0.25, 0.3) is 0 Å². The Morgan fingerprint density at radius 3 is 2.41 bits per heavy atom. The van der Waals surface area contributed by atoms with Gasteiger partial charge in [-0.15, -0.1) is 0 Å². The number of nitriles is 1. The summed E-state index contributed by atoms with van der Waals surface area (Å²) in [6.07, 6.45) is -3.65. The largest absolute Gasteiger partial charge is 0.405 e. The summed E-state index contributed by atoms with van der Waals surface area (Å²) in [5.41, 5.74) is -0.751. The smallest absolute Gasteiger partial charge is 0.394 e. The summed E-state index contributed by atoms with van der Waals surface area (Å²) in [7, 11) is 0. The minimum Gasteiger partial charge on any atom is -0.394 e. The molecule has 0 spiro atoms. The van der Waals surface area contributed by atoms with Crippen LogP contribution in [-0.2, 0) is 4.74 Å². The SMILES string of the molecule is N#CC(CNC1(CO)CCOCC1)C(F)(F)F. The van der Waals surface area contributed by atoms with Gasteiger partial charge in [-0.3, -0.25) is 0 Å². The fourth-order valence-corrected chi connectivity index (χ4v) is 1.71. The van der Waals surface area contributed by atoms with Gasteiger partial charge in [-0.25, -0.2) is 0 Å². The molecular formula is C10H15F3N2O2. The minimum atomic E-state index is -4.54. The Labute approximate surface area is 97.4 Å². The van der Waals surface area contributed by atoms with Gasteiger partial charge in [-0.2, -0.15) is 18.4 Å². The van der Waals surface area contributed by atoms with Crippen molar-refractivity contribution in [3.05, 3.63) is 0 Å². The molecule has 2 N–H and O–H groups in total. The molecule has 1 heterocycles. The fraction of sp³-hybridized carbons (Fsp3) is 0.900. The Balaban J connectivity index is 2.55. The van der Waals surface area contributed by atoms with Crippen molar-refractivity contribution in [3.63, 3.8) is 0 Å². The second-order valence-electron chi connectivity index (χ2n) is 4.16. The van der Waals surface area contributed by atoms with E-state index in [-0.39, 0.29) is 6.61 Å². The first-order chi connectivity index (χ1) is 7.93. The number of rotatable bonds is 4. The molecule has 0 bridgehead atoms. The third-order valence-electron chi connectivity index (χ3n) is 2.98. The topological polar surface area (TPSA) is 65.3 Å². The summed E-state index contributed by atoms with van der Waals surface area (Å²) in [5, 5.41) is 20.4. The molecule has 0 radical (unpaired) electrons. The second-order valence-corrected chi connectivity index (χ2v) is 4.16. The van der Waals surface area contributed by atoms with Crippen LogP contribution in [0.4, 0.5) is 13.2 Å². The highest BCUT2D eigenvalue weighted by molar-refractivity contribution is 4.95. The number of halogens is 3. The number of hydrogen-bond acceptors (Lipinski definition) is 4. The molecule has 1 rings (SSSR count). The molecule has 98 valence electrons. The standard InChI is InChI=1S/C10H15F3N2O2/c11-10(12,13)8(5-14)6-15-9(7-16)1-3-17-4-2-9/h8,15-16H,1-4,6-7H2. The predicted octanol–water partition coefficient (Wildman–Crippen LogP) is 0.820. The number of alkyl halides is 3. The molecule has 1 saturated heterocycles. The van der Waals surface area contributed by atoms with Gasteiger partial charge in [0.15, 0.2) is 5.92 Å². The van der Waals surface area contributed by atoms with Gasteiger partial charge in [0.1, 0.15) is 0 Å². The maximum Gasteiger partial charge on any atom is 0.405 e. The van der Waals surface area contributed by atoms with Crippen molar-refractivity contribution >= 4 is 0 Å². The molecule has 1 unspecified atom stereocenters. The number of hydrogen-bond donors (Lipinski definition) is 2. The third-order valence-corrected chi connectivity index (χ3v) is 2.98. The zero-order valence-electron chi connectivity index (χ0n) is 9.26. The van der Waals surface area contributed by atoms with E-state index >= 15 is 0 Å². The third kappa shape index (κ3) is 3.84. The van der Waals surface area contributed by atoms with Crippen LogP contribution in [0.25, 0.3) is 0 Å². The Hall–Kier alpha value is -0.840. The summed E-state index contributed by atoms with van der Waals surface area (Å²) < 4.78 is 42.1. The summed E-state index contributed by atoms with van der Waals surface area (Å²) >= 11 is 0. The molecule has 7 heteroatoms. The number of ether oxygens (including phenoxy) is 1. The molecule has 4 nitrogen and oxygen atoms in total. The lowest BCUT2D eigenvalue weighted by Crippen LogP contribution is -2.54. The van der Waals surface area contributed by atoms with Crippen LogP contribution in [0, 0.1) is 17.2 Å². The summed E-state index contributed by atoms with van der Waals surface area (Å²) in [6.45, 7) is 0.0422. The summed E-state index contributed by atoms with van der Waals surface area (Å²) in [4.78, 5) is 0. The van der Waals surface area contributed by atoms with Gasteiger partial charge >= 0.3 is 6.18 Å². The zero-order valence-corrected chi connectivity index (χ0v) is 9.26. The Morgan fingerprint density at radius 2 is 2.00 bits per heavy atom. The van der Waals surface area contributed by atoms with Crippen LogP contribution in [0.1, 0.15) is 12.8 Å². The van der Waals surface area contributed by atoms with Crippen molar-refractivity contribution in [2.24, 2.45) is 5.92 Å². The average molecular weight is 252 g/mol. The first-order valence-electron chi connectivity index (χ1n) is 5.33. The van der Waals surface area contributed by atoms with Crippen LogP contribution in [0.2, 0.25) is 0 Å². The molecule has 0 aromatic carbocycles. The minimum absolute atomic E-state index is 0.258. The molecule has 1 fully saturated rings. The average Bonchev–Trinajstić information content (AvgIpc) is 2.29. The molecule has 1 atom stereocenters. The maximum absolute atomic E-state index is 12.4. The summed E-state index contributed by atoms with van der Waals surface area (Å²) in [6, 6.07) is 1.22. The highest BCUT2D eigenvalue weighted by atomic mass is 19.4. The van der Waals surface area contributed by atoms with E-state index in [1.54, 1.807) is 0 Å². The van der Waals surface area contributed by atoms with Gasteiger partial charge in [0, 0.05) is 25.3 Å². The molecule has 0 saturated carbocycles. The molecule has 1 aliphatic heterocycles. The molecule has 0 aromatic heterocycles. The number of nitrogens with one attached hydrogen (secondary N) is 1. The van der Waals surface area contributed by atoms with Crippen LogP contribution in [-0.4, -0.2) is 43.2 Å². The first kappa shape index (κ1) is 14.2. The van der Waals surface area contributed by atoms with Crippen LogP contribution in [0.3, 0.4) is 0 Å². The maximum atomic E-state index is 12.4. The summed E-state index contributed by atoms with van der Waals surface area (Å²) in [5.74, 6) is -2.05. The van der Waals surface area contributed by atoms with E-state index in [1.165, 1.54) is 6.07 Å². The van der Waals surface area contributed by atoms with Crippen LogP contribution < -0.4 is 5.32 Å². The van der Waals surface area contributed by atoms with E-state index in [4.69, 9.17) is 10.00 Å². The lowest BCUT2D eigenvalue weighted by atomic mass is 9.90. The van der Waals surface area contributed by atoms with E-state index in [2.05, 4.69) is 5.32 Å². The molecular weight excluding hydrogens is 237 g/mol. The van der Waals surface area contributed by atoms with Crippen LogP contribution in [0.5, 0.6) is 0 Å². The predicted molar refractivity (Wildman–Crippen MR) is 53.0 cm³/mol.